The molecule has 0 spiro atoms. The van der Waals surface area contributed by atoms with E-state index in [4.69, 9.17) is 0 Å². The Morgan fingerprint density at radius 3 is 2.31 bits per heavy atom. The second kappa shape index (κ2) is 11.4. The van der Waals surface area contributed by atoms with Gasteiger partial charge in [0.05, 0.1) is 10.7 Å². The van der Waals surface area contributed by atoms with Crippen molar-refractivity contribution in [1.82, 2.24) is 0 Å². The summed E-state index contributed by atoms with van der Waals surface area (Å²) in [5.74, 6) is 0. The Labute approximate surface area is 229 Å². The highest BCUT2D eigenvalue weighted by Crippen LogP contribution is 2.46. The zero-order valence-electron chi connectivity index (χ0n) is 23.2. The first-order valence-corrected chi connectivity index (χ1v) is 22.4. The molecule has 0 unspecified atom stereocenters. The van der Waals surface area contributed by atoms with Gasteiger partial charge in [-0.25, -0.2) is 0 Å². The van der Waals surface area contributed by atoms with Gasteiger partial charge in [0.15, 0.2) is 0 Å². The van der Waals surface area contributed by atoms with Crippen LogP contribution in [0, 0.1) is 0 Å². The molecule has 6 heteroatoms. The topological polar surface area (TPSA) is 7.12 Å². The van der Waals surface area contributed by atoms with Gasteiger partial charge in [-0.1, -0.05) is 98.7 Å². The number of fused-ring (bicyclic) bond motifs is 2. The molecule has 0 radical (unpaired) electrons. The molecule has 2 heterocycles. The summed E-state index contributed by atoms with van der Waals surface area (Å²) in [6.07, 6.45) is 7.35. The van der Waals surface area contributed by atoms with E-state index in [2.05, 4.69) is 116 Å². The fraction of sp³-hybridized carbons (Fsp3) is 0.433. The number of rotatable bonds is 10. The molecule has 0 aliphatic carbocycles. The van der Waals surface area contributed by atoms with E-state index >= 15 is 0 Å². The molecule has 4 rings (SSSR count). The van der Waals surface area contributed by atoms with Gasteiger partial charge in [0.25, 0.3) is 5.01 Å². The molecule has 3 aromatic rings. The molecule has 36 heavy (non-hydrogen) atoms. The Hall–Kier alpha value is -1.61. The van der Waals surface area contributed by atoms with Crippen molar-refractivity contribution >= 4 is 61.2 Å². The van der Waals surface area contributed by atoms with Gasteiger partial charge >= 0.3 is 0 Å². The molecule has 192 valence electrons. The van der Waals surface area contributed by atoms with E-state index in [1.165, 1.54) is 61.3 Å². The van der Waals surface area contributed by atoms with E-state index in [1.807, 2.05) is 23.1 Å². The standard InChI is InChI=1S/C30H43N2S2Si2/c1-24(22-29-31(18-12-20-35(2,3)4)25-14-8-10-16-27(25)33-29)23-30-32(19-13-21-36(5,6)7)26-15-9-11-17-28(26)34-30/h8-11,14-17,22-23H,12-13,18-21H2,1-7H3/q+1. The number of anilines is 1. The second-order valence-corrected chi connectivity index (χ2v) is 25.8. The van der Waals surface area contributed by atoms with Crippen molar-refractivity contribution < 1.29 is 4.57 Å². The second-order valence-electron chi connectivity index (χ2n) is 12.5. The van der Waals surface area contributed by atoms with Crippen LogP contribution in [0.1, 0.15) is 24.8 Å². The normalized spacial score (nSPS) is 15.8. The monoisotopic (exact) mass is 551 g/mol. The molecule has 0 bridgehead atoms. The maximum Gasteiger partial charge on any atom is 0.263 e. The lowest BCUT2D eigenvalue weighted by atomic mass is 10.2. The van der Waals surface area contributed by atoms with Gasteiger partial charge < -0.3 is 4.90 Å². The first-order chi connectivity index (χ1) is 17.0. The predicted octanol–water partition coefficient (Wildman–Crippen LogP) is 9.50. The van der Waals surface area contributed by atoms with E-state index in [0.29, 0.717) is 0 Å². The van der Waals surface area contributed by atoms with Crippen molar-refractivity contribution in [3.8, 4) is 0 Å². The van der Waals surface area contributed by atoms with Crippen molar-refractivity contribution in [2.24, 2.45) is 0 Å². The van der Waals surface area contributed by atoms with Crippen molar-refractivity contribution in [3.05, 3.63) is 70.2 Å². The molecule has 1 aliphatic heterocycles. The van der Waals surface area contributed by atoms with Crippen molar-refractivity contribution in [1.29, 1.82) is 0 Å². The van der Waals surface area contributed by atoms with Gasteiger partial charge in [0.1, 0.15) is 11.2 Å². The zero-order valence-corrected chi connectivity index (χ0v) is 26.9. The summed E-state index contributed by atoms with van der Waals surface area (Å²) >= 11 is 3.85. The predicted molar refractivity (Wildman–Crippen MR) is 169 cm³/mol. The lowest BCUT2D eigenvalue weighted by Crippen LogP contribution is -2.36. The summed E-state index contributed by atoms with van der Waals surface area (Å²) < 4.78 is 3.94. The van der Waals surface area contributed by atoms with Gasteiger partial charge in [-0.05, 0) is 43.2 Å². The number of thiazole rings is 1. The van der Waals surface area contributed by atoms with Crippen LogP contribution in [0.2, 0.25) is 51.4 Å². The van der Waals surface area contributed by atoms with Crippen LogP contribution in [-0.2, 0) is 6.54 Å². The summed E-state index contributed by atoms with van der Waals surface area (Å²) in [7, 11) is -2.07. The average Bonchev–Trinajstić information content (AvgIpc) is 3.30. The largest absolute Gasteiger partial charge is 0.335 e. The Bertz CT molecular complexity index is 1260. The molecule has 0 atom stereocenters. The van der Waals surface area contributed by atoms with E-state index in [9.17, 15) is 0 Å². The Balaban J connectivity index is 1.61. The summed E-state index contributed by atoms with van der Waals surface area (Å²) in [6.45, 7) is 19.4. The summed E-state index contributed by atoms with van der Waals surface area (Å²) in [6, 6.07) is 20.5. The lowest BCUT2D eigenvalue weighted by molar-refractivity contribution is -0.668. The Morgan fingerprint density at radius 2 is 1.56 bits per heavy atom. The lowest BCUT2D eigenvalue weighted by Gasteiger charge is -2.23. The van der Waals surface area contributed by atoms with Gasteiger partial charge in [-0.3, -0.25) is 0 Å². The van der Waals surface area contributed by atoms with Crippen molar-refractivity contribution in [3.63, 3.8) is 0 Å². The number of aryl methyl sites for hydroxylation is 1. The SMILES string of the molecule is CC(=Cc1sc2ccccc2[n+]1CCC[Si](C)(C)C)C=C1Sc2ccccc2N1CCC[Si](C)(C)C. The molecule has 1 aliphatic rings. The summed E-state index contributed by atoms with van der Waals surface area (Å²) in [5.41, 5.74) is 4.08. The van der Waals surface area contributed by atoms with Crippen LogP contribution in [0.3, 0.4) is 0 Å². The minimum Gasteiger partial charge on any atom is -0.335 e. The number of thioether (sulfide) groups is 1. The summed E-state index contributed by atoms with van der Waals surface area (Å²) in [4.78, 5) is 3.94. The van der Waals surface area contributed by atoms with E-state index in [0.717, 1.165) is 13.1 Å². The van der Waals surface area contributed by atoms with Crippen LogP contribution in [0.5, 0.6) is 0 Å². The van der Waals surface area contributed by atoms with Crippen molar-refractivity contribution in [2.45, 2.75) is 82.6 Å². The smallest absolute Gasteiger partial charge is 0.263 e. The highest BCUT2D eigenvalue weighted by Gasteiger charge is 2.26. The molecular formula is C30H43N2S2Si2+. The number of hydrogen-bond donors (Lipinski definition) is 0. The van der Waals surface area contributed by atoms with Gasteiger partial charge in [-0.2, -0.15) is 4.57 Å². The van der Waals surface area contributed by atoms with Crippen LogP contribution in [-0.4, -0.2) is 22.7 Å². The van der Waals surface area contributed by atoms with Crippen LogP contribution in [0.4, 0.5) is 5.69 Å². The quantitative estimate of drug-likeness (QED) is 0.183. The first-order valence-electron chi connectivity index (χ1n) is 13.4. The number of allylic oxidation sites excluding steroid dienone is 2. The van der Waals surface area contributed by atoms with E-state index in [-0.39, 0.29) is 0 Å². The Kier molecular flexibility index (Phi) is 8.70. The van der Waals surface area contributed by atoms with Crippen LogP contribution in [0.25, 0.3) is 16.3 Å². The fourth-order valence-corrected chi connectivity index (χ4v) is 9.58. The first kappa shape index (κ1) is 27.4. The summed E-state index contributed by atoms with van der Waals surface area (Å²) in [5, 5.41) is 2.74. The molecular weight excluding hydrogens is 509 g/mol. The number of nitrogens with zero attached hydrogens (tertiary/aromatic N) is 2. The Morgan fingerprint density at radius 1 is 0.889 bits per heavy atom. The van der Waals surface area contributed by atoms with Gasteiger partial charge in [0.2, 0.25) is 5.52 Å². The number of para-hydroxylation sites is 2. The van der Waals surface area contributed by atoms with E-state index < -0.39 is 16.1 Å². The molecule has 2 nitrogen and oxygen atoms in total. The maximum absolute atomic E-state index is 2.56. The number of aromatic nitrogens is 1. The van der Waals surface area contributed by atoms with Crippen LogP contribution >= 0.6 is 23.1 Å². The molecule has 2 aromatic carbocycles. The molecule has 0 saturated heterocycles. The highest BCUT2D eigenvalue weighted by atomic mass is 32.2. The van der Waals surface area contributed by atoms with E-state index in [1.54, 1.807) is 0 Å². The van der Waals surface area contributed by atoms with Gasteiger partial charge in [0, 0.05) is 46.2 Å². The molecule has 1 aromatic heterocycles. The highest BCUT2D eigenvalue weighted by molar-refractivity contribution is 8.03. The van der Waals surface area contributed by atoms with Crippen LogP contribution < -0.4 is 9.47 Å². The fourth-order valence-electron chi connectivity index (χ4n) is 4.75. The third-order valence-electron chi connectivity index (χ3n) is 6.59. The number of benzene rings is 2. The minimum absolute atomic E-state index is 1.03. The molecule has 0 N–H and O–H groups in total. The van der Waals surface area contributed by atoms with Crippen molar-refractivity contribution in [2.75, 3.05) is 11.4 Å². The zero-order chi connectivity index (χ0) is 25.9. The average molecular weight is 552 g/mol. The third kappa shape index (κ3) is 7.24. The van der Waals surface area contributed by atoms with Crippen LogP contribution in [0.15, 0.2) is 70.1 Å². The third-order valence-corrected chi connectivity index (χ3v) is 12.5. The minimum atomic E-state index is -1.03. The molecule has 0 fully saturated rings. The molecule has 0 saturated carbocycles. The maximum atomic E-state index is 2.56. The molecule has 0 amide bonds. The number of hydrogen-bond acceptors (Lipinski definition) is 3. The van der Waals surface area contributed by atoms with Gasteiger partial charge in [-0.15, -0.1) is 0 Å².